The Morgan fingerprint density at radius 3 is 2.55 bits per heavy atom. The quantitative estimate of drug-likeness (QED) is 0.534. The van der Waals surface area contributed by atoms with Gasteiger partial charge in [0.2, 0.25) is 15.9 Å². The van der Waals surface area contributed by atoms with Crippen molar-refractivity contribution in [3.63, 3.8) is 0 Å². The number of aliphatic hydroxyl groups is 1. The summed E-state index contributed by atoms with van der Waals surface area (Å²) in [7, 11) is -3.72. The second-order valence-electron chi connectivity index (χ2n) is 7.76. The number of amides is 1. The monoisotopic (exact) mass is 447 g/mol. The van der Waals surface area contributed by atoms with Gasteiger partial charge in [0.1, 0.15) is 0 Å². The van der Waals surface area contributed by atoms with E-state index in [0.29, 0.717) is 25.8 Å². The SMILES string of the molecule is Cc1ccc(S(=O)(=O)N[C@H]2CC[C@H](CC(=O)NCCc3ccncc3)O[C@@H]2CO)cc1. The lowest BCUT2D eigenvalue weighted by Gasteiger charge is -2.35. The van der Waals surface area contributed by atoms with Crippen LogP contribution in [0.2, 0.25) is 0 Å². The Balaban J connectivity index is 1.48. The lowest BCUT2D eigenvalue weighted by Crippen LogP contribution is -2.51. The maximum Gasteiger partial charge on any atom is 0.240 e. The number of aliphatic hydroxyl groups excluding tert-OH is 1. The first-order valence-corrected chi connectivity index (χ1v) is 11.9. The first-order chi connectivity index (χ1) is 14.9. The van der Waals surface area contributed by atoms with E-state index in [1.807, 2.05) is 19.1 Å². The second-order valence-corrected chi connectivity index (χ2v) is 9.47. The summed E-state index contributed by atoms with van der Waals surface area (Å²) in [5, 5.41) is 12.6. The van der Waals surface area contributed by atoms with Gasteiger partial charge in [-0.2, -0.15) is 0 Å². The van der Waals surface area contributed by atoms with Gasteiger partial charge >= 0.3 is 0 Å². The molecule has 9 heteroatoms. The van der Waals surface area contributed by atoms with Crippen molar-refractivity contribution < 1.29 is 23.1 Å². The van der Waals surface area contributed by atoms with E-state index >= 15 is 0 Å². The normalized spacial score (nSPS) is 21.5. The molecule has 1 aromatic carbocycles. The summed E-state index contributed by atoms with van der Waals surface area (Å²) in [4.78, 5) is 16.4. The number of ether oxygens (including phenoxy) is 1. The Kier molecular flexibility index (Phi) is 8.14. The van der Waals surface area contributed by atoms with Crippen molar-refractivity contribution in [1.29, 1.82) is 0 Å². The van der Waals surface area contributed by atoms with Crippen LogP contribution in [-0.4, -0.2) is 55.8 Å². The molecule has 1 amide bonds. The largest absolute Gasteiger partial charge is 0.394 e. The minimum atomic E-state index is -3.72. The van der Waals surface area contributed by atoms with E-state index in [9.17, 15) is 18.3 Å². The molecule has 1 aromatic heterocycles. The Hall–Kier alpha value is -2.33. The van der Waals surface area contributed by atoms with Gasteiger partial charge in [-0.1, -0.05) is 17.7 Å². The number of carbonyl (C=O) groups excluding carboxylic acids is 1. The second kappa shape index (κ2) is 10.8. The fourth-order valence-corrected chi connectivity index (χ4v) is 4.87. The zero-order chi connectivity index (χ0) is 22.3. The van der Waals surface area contributed by atoms with E-state index in [2.05, 4.69) is 15.0 Å². The van der Waals surface area contributed by atoms with Crippen LogP contribution in [-0.2, 0) is 26.0 Å². The van der Waals surface area contributed by atoms with Crippen LogP contribution < -0.4 is 10.0 Å². The van der Waals surface area contributed by atoms with E-state index in [-0.39, 0.29) is 29.9 Å². The Morgan fingerprint density at radius 2 is 1.87 bits per heavy atom. The molecule has 1 fully saturated rings. The predicted octanol–water partition coefficient (Wildman–Crippen LogP) is 1.33. The highest BCUT2D eigenvalue weighted by atomic mass is 32.2. The third-order valence-electron chi connectivity index (χ3n) is 5.33. The lowest BCUT2D eigenvalue weighted by atomic mass is 9.98. The average Bonchev–Trinajstić information content (AvgIpc) is 2.75. The molecule has 168 valence electrons. The van der Waals surface area contributed by atoms with E-state index in [1.165, 1.54) is 0 Å². The van der Waals surface area contributed by atoms with Gasteiger partial charge in [0.05, 0.1) is 36.2 Å². The van der Waals surface area contributed by atoms with Crippen molar-refractivity contribution in [2.45, 2.75) is 55.8 Å². The smallest absolute Gasteiger partial charge is 0.240 e. The molecule has 0 bridgehead atoms. The van der Waals surface area contributed by atoms with Crippen LogP contribution in [0.25, 0.3) is 0 Å². The molecule has 2 heterocycles. The lowest BCUT2D eigenvalue weighted by molar-refractivity contribution is -0.130. The van der Waals surface area contributed by atoms with Gasteiger partial charge < -0.3 is 15.2 Å². The van der Waals surface area contributed by atoms with Crippen molar-refractivity contribution in [2.24, 2.45) is 0 Å². The van der Waals surface area contributed by atoms with Gasteiger partial charge in [0.25, 0.3) is 0 Å². The van der Waals surface area contributed by atoms with Gasteiger partial charge in [0.15, 0.2) is 0 Å². The molecule has 0 saturated carbocycles. The number of hydrogen-bond donors (Lipinski definition) is 3. The molecular formula is C22H29N3O5S. The van der Waals surface area contributed by atoms with Crippen molar-refractivity contribution >= 4 is 15.9 Å². The van der Waals surface area contributed by atoms with Gasteiger partial charge in [-0.15, -0.1) is 0 Å². The van der Waals surface area contributed by atoms with Crippen LogP contribution in [0.1, 0.15) is 30.4 Å². The topological polar surface area (TPSA) is 118 Å². The van der Waals surface area contributed by atoms with Crippen LogP contribution in [0.4, 0.5) is 0 Å². The minimum Gasteiger partial charge on any atom is -0.394 e. The summed E-state index contributed by atoms with van der Waals surface area (Å²) in [5.41, 5.74) is 2.06. The first-order valence-electron chi connectivity index (χ1n) is 10.4. The number of aromatic nitrogens is 1. The Morgan fingerprint density at radius 1 is 1.16 bits per heavy atom. The van der Waals surface area contributed by atoms with Crippen molar-refractivity contribution in [1.82, 2.24) is 15.0 Å². The average molecular weight is 448 g/mol. The van der Waals surface area contributed by atoms with Crippen LogP contribution in [0.5, 0.6) is 0 Å². The summed E-state index contributed by atoms with van der Waals surface area (Å²) >= 11 is 0. The van der Waals surface area contributed by atoms with Gasteiger partial charge in [-0.3, -0.25) is 9.78 Å². The molecule has 0 unspecified atom stereocenters. The summed E-state index contributed by atoms with van der Waals surface area (Å²) < 4.78 is 33.8. The van der Waals surface area contributed by atoms with Crippen LogP contribution in [0, 0.1) is 6.92 Å². The highest BCUT2D eigenvalue weighted by molar-refractivity contribution is 7.89. The van der Waals surface area contributed by atoms with Gasteiger partial charge in [-0.05, 0) is 56.0 Å². The van der Waals surface area contributed by atoms with E-state index in [4.69, 9.17) is 4.74 Å². The Bertz CT molecular complexity index is 951. The zero-order valence-electron chi connectivity index (χ0n) is 17.5. The molecule has 0 aliphatic carbocycles. The maximum atomic E-state index is 12.7. The summed E-state index contributed by atoms with van der Waals surface area (Å²) in [6.45, 7) is 2.06. The highest BCUT2D eigenvalue weighted by Gasteiger charge is 2.34. The summed E-state index contributed by atoms with van der Waals surface area (Å²) in [6, 6.07) is 9.82. The number of hydrogen-bond acceptors (Lipinski definition) is 6. The molecule has 1 aliphatic heterocycles. The number of sulfonamides is 1. The maximum absolute atomic E-state index is 12.7. The molecule has 8 nitrogen and oxygen atoms in total. The third-order valence-corrected chi connectivity index (χ3v) is 6.84. The summed E-state index contributed by atoms with van der Waals surface area (Å²) in [5.74, 6) is -0.130. The van der Waals surface area contributed by atoms with Crippen LogP contribution in [0.3, 0.4) is 0 Å². The van der Waals surface area contributed by atoms with Crippen molar-refractivity contribution in [3.8, 4) is 0 Å². The molecule has 2 aromatic rings. The van der Waals surface area contributed by atoms with Crippen LogP contribution in [0.15, 0.2) is 53.7 Å². The van der Waals surface area contributed by atoms with Crippen molar-refractivity contribution in [2.75, 3.05) is 13.2 Å². The van der Waals surface area contributed by atoms with Crippen LogP contribution >= 0.6 is 0 Å². The fourth-order valence-electron chi connectivity index (χ4n) is 3.58. The summed E-state index contributed by atoms with van der Waals surface area (Å²) in [6.07, 6.45) is 4.24. The molecule has 3 N–H and O–H groups in total. The molecule has 0 spiro atoms. The predicted molar refractivity (Wildman–Crippen MR) is 116 cm³/mol. The Labute approximate surface area is 183 Å². The molecule has 3 rings (SSSR count). The number of aryl methyl sites for hydroxylation is 1. The van der Waals surface area contributed by atoms with Gasteiger partial charge in [0, 0.05) is 18.9 Å². The van der Waals surface area contributed by atoms with Crippen molar-refractivity contribution in [3.05, 3.63) is 59.9 Å². The molecule has 1 saturated heterocycles. The van der Waals surface area contributed by atoms with Gasteiger partial charge in [-0.25, -0.2) is 13.1 Å². The van der Waals surface area contributed by atoms with E-state index < -0.39 is 22.2 Å². The highest BCUT2D eigenvalue weighted by Crippen LogP contribution is 2.23. The fraction of sp³-hybridized carbons (Fsp3) is 0.455. The number of pyridine rings is 1. The molecule has 3 atom stereocenters. The minimum absolute atomic E-state index is 0.130. The first kappa shape index (κ1) is 23.3. The third kappa shape index (κ3) is 6.83. The number of carbonyl (C=O) groups is 1. The standard InChI is InChI=1S/C22H29N3O5S/c1-16-2-5-19(6-3-16)31(28,29)25-20-7-4-18(30-21(20)15-26)14-22(27)24-13-10-17-8-11-23-12-9-17/h2-3,5-6,8-9,11-12,18,20-21,25-26H,4,7,10,13-15H2,1H3,(H,24,27)/t18-,20+,21-/m1/s1. The number of benzene rings is 1. The molecule has 31 heavy (non-hydrogen) atoms. The van der Waals surface area contributed by atoms with E-state index in [1.54, 1.807) is 36.7 Å². The molecule has 1 aliphatic rings. The molecule has 0 radical (unpaired) electrons. The molecular weight excluding hydrogens is 418 g/mol. The van der Waals surface area contributed by atoms with E-state index in [0.717, 1.165) is 11.1 Å². The number of nitrogens with zero attached hydrogens (tertiary/aromatic N) is 1. The number of nitrogens with one attached hydrogen (secondary N) is 2. The zero-order valence-corrected chi connectivity index (χ0v) is 18.3. The number of rotatable bonds is 9.